The van der Waals surface area contributed by atoms with Gasteiger partial charge in [0.1, 0.15) is 12.0 Å². The van der Waals surface area contributed by atoms with Crippen molar-refractivity contribution in [3.8, 4) is 0 Å². The first kappa shape index (κ1) is 20.8. The summed E-state index contributed by atoms with van der Waals surface area (Å²) in [6.45, 7) is 14.2. The van der Waals surface area contributed by atoms with Crippen LogP contribution in [0.2, 0.25) is 0 Å². The first-order valence-corrected chi connectivity index (χ1v) is 12.1. The fraction of sp³-hybridized carbons (Fsp3) is 0.593. The number of piperazine rings is 1. The quantitative estimate of drug-likeness (QED) is 0.761. The molecule has 2 fully saturated rings. The molecular weight excluding hydrogens is 384 g/mol. The number of esters is 1. The van der Waals surface area contributed by atoms with Crippen molar-refractivity contribution in [2.45, 2.75) is 53.1 Å². The summed E-state index contributed by atoms with van der Waals surface area (Å²) in [7, 11) is 0. The van der Waals surface area contributed by atoms with E-state index in [-0.39, 0.29) is 29.3 Å². The van der Waals surface area contributed by atoms with Crippen LogP contribution < -0.4 is 9.80 Å². The van der Waals surface area contributed by atoms with E-state index in [0.29, 0.717) is 0 Å². The highest BCUT2D eigenvalue weighted by atomic mass is 16.6. The number of hydrogen-bond acceptors (Lipinski definition) is 3. The zero-order chi connectivity index (χ0) is 21.8. The fourth-order valence-corrected chi connectivity index (χ4v) is 6.52. The summed E-state index contributed by atoms with van der Waals surface area (Å²) in [5, 5.41) is 0. The van der Waals surface area contributed by atoms with Gasteiger partial charge in [0, 0.05) is 11.6 Å². The molecule has 4 aliphatic rings. The van der Waals surface area contributed by atoms with Crippen LogP contribution >= 0.6 is 0 Å². The highest BCUT2D eigenvalue weighted by Crippen LogP contribution is 2.52. The van der Waals surface area contributed by atoms with Crippen molar-refractivity contribution in [3.05, 3.63) is 52.6 Å². The Morgan fingerprint density at radius 3 is 2.74 bits per heavy atom. The Bertz CT molecular complexity index is 941. The van der Waals surface area contributed by atoms with E-state index in [0.717, 1.165) is 45.6 Å². The summed E-state index contributed by atoms with van der Waals surface area (Å²) in [6.07, 6.45) is 8.19. The molecule has 1 N–H and O–H groups in total. The number of nitrogens with one attached hydrogen (secondary N) is 1. The average Bonchev–Trinajstić information content (AvgIpc) is 3.03. The van der Waals surface area contributed by atoms with Crippen LogP contribution in [0.25, 0.3) is 0 Å². The summed E-state index contributed by atoms with van der Waals surface area (Å²) in [6, 6.07) is 6.60. The number of allylic oxidation sites excluding steroid dienone is 3. The Morgan fingerprint density at radius 2 is 1.97 bits per heavy atom. The topological polar surface area (TPSA) is 34.0 Å². The summed E-state index contributed by atoms with van der Waals surface area (Å²) in [5.74, 6) is 0.306. The van der Waals surface area contributed by atoms with Crippen molar-refractivity contribution in [2.75, 3.05) is 37.6 Å². The first-order valence-electron chi connectivity index (χ1n) is 12.1. The Kier molecular flexibility index (Phi) is 5.24. The van der Waals surface area contributed by atoms with Gasteiger partial charge in [0.15, 0.2) is 0 Å². The third kappa shape index (κ3) is 3.63. The Balaban J connectivity index is 1.28. The molecule has 166 valence electrons. The fourth-order valence-electron chi connectivity index (χ4n) is 6.52. The molecule has 0 saturated carbocycles. The van der Waals surface area contributed by atoms with E-state index in [2.05, 4.69) is 62.9 Å². The van der Waals surface area contributed by atoms with E-state index in [1.165, 1.54) is 34.4 Å². The molecule has 0 spiro atoms. The maximum Gasteiger partial charge on any atom is 0.315 e. The van der Waals surface area contributed by atoms with Crippen molar-refractivity contribution >= 4 is 11.7 Å². The second-order valence-electron chi connectivity index (χ2n) is 10.6. The molecule has 1 aromatic rings. The molecule has 2 aliphatic carbocycles. The molecule has 0 bridgehead atoms. The number of aryl methyl sites for hydroxylation is 1. The first-order chi connectivity index (χ1) is 14.9. The average molecular weight is 422 g/mol. The van der Waals surface area contributed by atoms with Crippen molar-refractivity contribution < 1.29 is 14.4 Å². The summed E-state index contributed by atoms with van der Waals surface area (Å²) >= 11 is 0. The number of ether oxygens (including phenoxy) is 1. The molecule has 2 saturated heterocycles. The molecule has 0 unspecified atom stereocenters. The van der Waals surface area contributed by atoms with E-state index in [1.54, 1.807) is 4.90 Å². The van der Waals surface area contributed by atoms with Gasteiger partial charge in [-0.2, -0.15) is 0 Å². The van der Waals surface area contributed by atoms with E-state index in [4.69, 9.17) is 4.74 Å². The van der Waals surface area contributed by atoms with Gasteiger partial charge in [-0.05, 0) is 68.2 Å². The third-order valence-electron chi connectivity index (χ3n) is 8.59. The minimum absolute atomic E-state index is 0.0130. The number of hydrogen-bond donors (Lipinski definition) is 1. The van der Waals surface area contributed by atoms with Gasteiger partial charge in [0.25, 0.3) is 0 Å². The van der Waals surface area contributed by atoms with Crippen molar-refractivity contribution in [3.63, 3.8) is 0 Å². The summed E-state index contributed by atoms with van der Waals surface area (Å²) in [4.78, 5) is 17.0. The molecule has 1 aromatic carbocycles. The van der Waals surface area contributed by atoms with Gasteiger partial charge in [0.2, 0.25) is 0 Å². The van der Waals surface area contributed by atoms with Crippen LogP contribution in [0.1, 0.15) is 44.2 Å². The van der Waals surface area contributed by atoms with Crippen molar-refractivity contribution in [1.29, 1.82) is 0 Å². The minimum Gasteiger partial charge on any atom is -0.461 e. The number of quaternary nitrogens is 1. The van der Waals surface area contributed by atoms with Crippen LogP contribution in [0.15, 0.2) is 41.5 Å². The number of nitrogens with zero attached hydrogens (tertiary/aromatic N) is 1. The van der Waals surface area contributed by atoms with E-state index in [9.17, 15) is 4.79 Å². The number of carbonyl (C=O) groups is 1. The molecule has 0 aromatic heterocycles. The van der Waals surface area contributed by atoms with Gasteiger partial charge in [-0.25, -0.2) is 0 Å². The second-order valence-corrected chi connectivity index (χ2v) is 10.6. The maximum absolute atomic E-state index is 12.9. The van der Waals surface area contributed by atoms with Crippen LogP contribution in [-0.2, 0) is 9.53 Å². The standard InChI is InChI=1S/C27H36N2O2/c1-18-7-5-9-24(20(18)3)29-13-11-28(12-14-29)17-22-21-15-23-19(2)8-6-10-27(23,4)16-25(21)31-26(22)30/h5,7-9,15,21-22,25H,6,10-14,16-17H2,1-4H3/p+1/t21-,22+,25+,27+/m1/s1. The minimum atomic E-state index is 0.0130. The van der Waals surface area contributed by atoms with Gasteiger partial charge < -0.3 is 14.5 Å². The highest BCUT2D eigenvalue weighted by molar-refractivity contribution is 5.76. The van der Waals surface area contributed by atoms with Gasteiger partial charge >= 0.3 is 5.97 Å². The van der Waals surface area contributed by atoms with E-state index < -0.39 is 0 Å². The molecule has 4 atom stereocenters. The number of anilines is 1. The summed E-state index contributed by atoms with van der Waals surface area (Å²) in [5.41, 5.74) is 7.20. The smallest absolute Gasteiger partial charge is 0.315 e. The van der Waals surface area contributed by atoms with Crippen molar-refractivity contribution in [1.82, 2.24) is 0 Å². The van der Waals surface area contributed by atoms with Crippen LogP contribution in [0.3, 0.4) is 0 Å². The molecule has 0 radical (unpaired) electrons. The maximum atomic E-state index is 12.9. The SMILES string of the molecule is CC1=CCC[C@@]2(C)C[C@@H]3OC(=O)[C@@H](C[NH+]4CCN(c5cccc(C)c5C)CC4)[C@H]3C=C12. The second kappa shape index (κ2) is 7.81. The van der Waals surface area contributed by atoms with Crippen LogP contribution in [-0.4, -0.2) is 44.8 Å². The Labute approximate surface area is 186 Å². The number of benzene rings is 1. The third-order valence-corrected chi connectivity index (χ3v) is 8.59. The zero-order valence-electron chi connectivity index (χ0n) is 19.5. The molecule has 4 nitrogen and oxygen atoms in total. The van der Waals surface area contributed by atoms with Gasteiger partial charge in [0.05, 0.1) is 32.7 Å². The molecule has 5 rings (SSSR count). The Hall–Kier alpha value is -2.07. The van der Waals surface area contributed by atoms with Crippen LogP contribution in [0, 0.1) is 31.1 Å². The predicted molar refractivity (Wildman–Crippen MR) is 124 cm³/mol. The lowest BCUT2D eigenvalue weighted by molar-refractivity contribution is -0.903. The normalized spacial score (nSPS) is 33.4. The molecule has 0 amide bonds. The Morgan fingerprint density at radius 1 is 1.19 bits per heavy atom. The lowest BCUT2D eigenvalue weighted by Crippen LogP contribution is -3.15. The van der Waals surface area contributed by atoms with E-state index >= 15 is 0 Å². The van der Waals surface area contributed by atoms with E-state index in [1.807, 2.05) is 0 Å². The predicted octanol–water partition coefficient (Wildman–Crippen LogP) is 3.24. The van der Waals surface area contributed by atoms with Gasteiger partial charge in [-0.15, -0.1) is 0 Å². The molecular formula is C27H37N2O2+. The number of rotatable bonds is 3. The summed E-state index contributed by atoms with van der Waals surface area (Å²) < 4.78 is 5.96. The largest absolute Gasteiger partial charge is 0.461 e. The molecule has 2 aliphatic heterocycles. The molecule has 2 heterocycles. The zero-order valence-corrected chi connectivity index (χ0v) is 19.5. The van der Waals surface area contributed by atoms with Gasteiger partial charge in [-0.3, -0.25) is 4.79 Å². The highest BCUT2D eigenvalue weighted by Gasteiger charge is 2.52. The lowest BCUT2D eigenvalue weighted by Gasteiger charge is -2.43. The lowest BCUT2D eigenvalue weighted by atomic mass is 9.62. The van der Waals surface area contributed by atoms with Crippen molar-refractivity contribution in [2.24, 2.45) is 17.3 Å². The van der Waals surface area contributed by atoms with Crippen LogP contribution in [0.4, 0.5) is 5.69 Å². The molecule has 4 heteroatoms. The van der Waals surface area contributed by atoms with Crippen LogP contribution in [0.5, 0.6) is 0 Å². The number of carbonyl (C=O) groups excluding carboxylic acids is 1. The molecule has 31 heavy (non-hydrogen) atoms. The van der Waals surface area contributed by atoms with Gasteiger partial charge in [-0.1, -0.05) is 36.8 Å². The number of fused-ring (bicyclic) bond motifs is 2. The monoisotopic (exact) mass is 421 g/mol.